The van der Waals surface area contributed by atoms with Crippen molar-refractivity contribution in [3.8, 4) is 0 Å². The Balaban J connectivity index is 2.25. The minimum atomic E-state index is -4.62. The maximum absolute atomic E-state index is 11.9. The van der Waals surface area contributed by atoms with Crippen LogP contribution in [0.15, 0.2) is 24.3 Å². The van der Waals surface area contributed by atoms with Crippen LogP contribution in [0.3, 0.4) is 0 Å². The Bertz CT molecular complexity index is 601. The van der Waals surface area contributed by atoms with Crippen LogP contribution in [-0.4, -0.2) is 40.1 Å². The molecule has 0 heterocycles. The molecule has 160 valence electrons. The van der Waals surface area contributed by atoms with Crippen LogP contribution < -0.4 is 5.32 Å². The number of aryl methyl sites for hydroxylation is 2. The Hall–Kier alpha value is -1.24. The molecule has 1 atom stereocenters. The van der Waals surface area contributed by atoms with Gasteiger partial charge in [-0.1, -0.05) is 56.9 Å². The number of carbonyl (C=O) groups excluding carboxylic acids is 1. The van der Waals surface area contributed by atoms with Gasteiger partial charge < -0.3 is 20.2 Å². The molecule has 0 saturated heterocycles. The Kier molecular flexibility index (Phi) is 12.3. The minimum absolute atomic E-state index is 0.269. The summed E-state index contributed by atoms with van der Waals surface area (Å²) in [5.74, 6) is -0.280. The van der Waals surface area contributed by atoms with E-state index in [1.165, 1.54) is 43.2 Å². The highest BCUT2D eigenvalue weighted by atomic mass is 31.2. The van der Waals surface area contributed by atoms with Gasteiger partial charge in [0, 0.05) is 6.42 Å². The molecule has 0 radical (unpaired) electrons. The molecule has 1 rings (SSSR count). The number of hydrogen-bond acceptors (Lipinski definition) is 4. The van der Waals surface area contributed by atoms with Crippen LogP contribution in [0.25, 0.3) is 0 Å². The van der Waals surface area contributed by atoms with Crippen LogP contribution in [-0.2, 0) is 26.7 Å². The summed E-state index contributed by atoms with van der Waals surface area (Å²) in [7, 11) is -4.62. The Morgan fingerprint density at radius 1 is 1.04 bits per heavy atom. The van der Waals surface area contributed by atoms with Gasteiger partial charge in [0.25, 0.3) is 0 Å². The van der Waals surface area contributed by atoms with E-state index >= 15 is 0 Å². The van der Waals surface area contributed by atoms with Gasteiger partial charge in [-0.3, -0.25) is 9.32 Å². The fourth-order valence-corrected chi connectivity index (χ4v) is 3.26. The molecular formula is C20H34NO6P. The van der Waals surface area contributed by atoms with Crippen molar-refractivity contribution >= 4 is 13.7 Å². The smallest absolute Gasteiger partial charge is 0.394 e. The van der Waals surface area contributed by atoms with Gasteiger partial charge in [0.15, 0.2) is 0 Å². The van der Waals surface area contributed by atoms with E-state index < -0.39 is 27.1 Å². The molecule has 0 fully saturated rings. The SMILES string of the molecule is CCCCCCCc1ccc(CCCC(=O)N[C@H](CO)COP(=O)(O)O)cc1. The van der Waals surface area contributed by atoms with Gasteiger partial charge in [0.1, 0.15) is 0 Å². The molecule has 1 aromatic rings. The first-order valence-corrected chi connectivity index (χ1v) is 11.5. The van der Waals surface area contributed by atoms with Crippen molar-refractivity contribution in [1.29, 1.82) is 0 Å². The molecule has 0 aromatic heterocycles. The summed E-state index contributed by atoms with van der Waals surface area (Å²) < 4.78 is 15.0. The third kappa shape index (κ3) is 12.3. The van der Waals surface area contributed by atoms with Crippen LogP contribution in [0.2, 0.25) is 0 Å². The van der Waals surface area contributed by atoms with Crippen molar-refractivity contribution in [2.75, 3.05) is 13.2 Å². The lowest BCUT2D eigenvalue weighted by atomic mass is 10.0. The minimum Gasteiger partial charge on any atom is -0.394 e. The highest BCUT2D eigenvalue weighted by molar-refractivity contribution is 7.46. The topological polar surface area (TPSA) is 116 Å². The van der Waals surface area contributed by atoms with Crippen LogP contribution >= 0.6 is 7.82 Å². The quantitative estimate of drug-likeness (QED) is 0.258. The van der Waals surface area contributed by atoms with Crippen molar-refractivity contribution in [3.05, 3.63) is 35.4 Å². The van der Waals surface area contributed by atoms with Gasteiger partial charge in [0.05, 0.1) is 19.3 Å². The molecule has 28 heavy (non-hydrogen) atoms. The molecule has 0 unspecified atom stereocenters. The largest absolute Gasteiger partial charge is 0.469 e. The Morgan fingerprint density at radius 2 is 1.61 bits per heavy atom. The summed E-state index contributed by atoms with van der Waals surface area (Å²) in [4.78, 5) is 29.2. The Labute approximate surface area is 167 Å². The molecule has 0 saturated carbocycles. The van der Waals surface area contributed by atoms with Crippen molar-refractivity contribution in [3.63, 3.8) is 0 Å². The van der Waals surface area contributed by atoms with E-state index in [0.29, 0.717) is 6.42 Å². The lowest BCUT2D eigenvalue weighted by Gasteiger charge is -2.16. The van der Waals surface area contributed by atoms with Crippen LogP contribution in [0, 0.1) is 0 Å². The highest BCUT2D eigenvalue weighted by Crippen LogP contribution is 2.35. The van der Waals surface area contributed by atoms with E-state index in [4.69, 9.17) is 14.9 Å². The number of phosphoric ester groups is 1. The van der Waals surface area contributed by atoms with Crippen molar-refractivity contribution in [2.24, 2.45) is 0 Å². The second-order valence-corrected chi connectivity index (χ2v) is 8.31. The van der Waals surface area contributed by atoms with Gasteiger partial charge in [-0.2, -0.15) is 0 Å². The maximum Gasteiger partial charge on any atom is 0.469 e. The number of aliphatic hydroxyl groups excluding tert-OH is 1. The summed E-state index contributed by atoms with van der Waals surface area (Å²) in [6.07, 6.45) is 9.16. The summed E-state index contributed by atoms with van der Waals surface area (Å²) in [6.45, 7) is 1.33. The standard InChI is InChI=1S/C20H34NO6P/c1-2-3-4-5-6-8-17-11-13-18(14-12-17)9-7-10-20(23)21-19(15-22)16-27-28(24,25)26/h11-14,19,22H,2-10,15-16H2,1H3,(H,21,23)(H2,24,25,26)/t19-/m1/s1. The predicted molar refractivity (Wildman–Crippen MR) is 109 cm³/mol. The number of rotatable bonds is 15. The number of nitrogens with one attached hydrogen (secondary N) is 1. The molecule has 0 spiro atoms. The lowest BCUT2D eigenvalue weighted by Crippen LogP contribution is -2.40. The number of amides is 1. The zero-order valence-corrected chi connectivity index (χ0v) is 17.6. The van der Waals surface area contributed by atoms with Crippen LogP contribution in [0.4, 0.5) is 0 Å². The molecule has 0 aliphatic heterocycles. The number of benzene rings is 1. The highest BCUT2D eigenvalue weighted by Gasteiger charge is 2.19. The normalized spacial score (nSPS) is 12.7. The van der Waals surface area contributed by atoms with Crippen molar-refractivity contribution in [1.82, 2.24) is 5.32 Å². The maximum atomic E-state index is 11.9. The van der Waals surface area contributed by atoms with E-state index in [0.717, 1.165) is 12.8 Å². The Morgan fingerprint density at radius 3 is 2.14 bits per heavy atom. The molecule has 1 amide bonds. The van der Waals surface area contributed by atoms with E-state index in [9.17, 15) is 9.36 Å². The van der Waals surface area contributed by atoms with Gasteiger partial charge in [0.2, 0.25) is 5.91 Å². The fourth-order valence-electron chi connectivity index (χ4n) is 2.89. The molecule has 0 aliphatic carbocycles. The zero-order chi connectivity index (χ0) is 20.8. The first-order valence-electron chi connectivity index (χ1n) is 10.0. The molecule has 0 aliphatic rings. The summed E-state index contributed by atoms with van der Waals surface area (Å²) in [5, 5.41) is 11.7. The van der Waals surface area contributed by atoms with Crippen molar-refractivity contribution in [2.45, 2.75) is 70.8 Å². The van der Waals surface area contributed by atoms with Gasteiger partial charge in [-0.15, -0.1) is 0 Å². The lowest BCUT2D eigenvalue weighted by molar-refractivity contribution is -0.122. The zero-order valence-electron chi connectivity index (χ0n) is 16.7. The van der Waals surface area contributed by atoms with E-state index in [-0.39, 0.29) is 12.3 Å². The predicted octanol–water partition coefficient (Wildman–Crippen LogP) is 3.11. The number of hydrogen-bond donors (Lipinski definition) is 4. The summed E-state index contributed by atoms with van der Waals surface area (Å²) >= 11 is 0. The van der Waals surface area contributed by atoms with Crippen LogP contribution in [0.1, 0.15) is 63.0 Å². The average molecular weight is 415 g/mol. The number of aliphatic hydroxyl groups is 1. The molecule has 1 aromatic carbocycles. The summed E-state index contributed by atoms with van der Waals surface area (Å²) in [6, 6.07) is 7.66. The van der Waals surface area contributed by atoms with Crippen LogP contribution in [0.5, 0.6) is 0 Å². The summed E-state index contributed by atoms with van der Waals surface area (Å²) in [5.41, 5.74) is 2.51. The monoisotopic (exact) mass is 415 g/mol. The number of phosphoric acid groups is 1. The number of unbranched alkanes of at least 4 members (excludes halogenated alkanes) is 4. The van der Waals surface area contributed by atoms with Gasteiger partial charge in [-0.25, -0.2) is 4.57 Å². The van der Waals surface area contributed by atoms with E-state index in [2.05, 4.69) is 41.0 Å². The third-order valence-corrected chi connectivity index (χ3v) is 4.98. The molecule has 4 N–H and O–H groups in total. The molecular weight excluding hydrogens is 381 g/mol. The second kappa shape index (κ2) is 13.9. The molecule has 8 heteroatoms. The first-order chi connectivity index (χ1) is 13.3. The van der Waals surface area contributed by atoms with E-state index in [1.807, 2.05) is 0 Å². The van der Waals surface area contributed by atoms with Crippen molar-refractivity contribution < 1.29 is 28.8 Å². The first kappa shape index (κ1) is 24.8. The third-order valence-electron chi connectivity index (χ3n) is 4.49. The van der Waals surface area contributed by atoms with E-state index in [1.54, 1.807) is 0 Å². The molecule has 0 bridgehead atoms. The van der Waals surface area contributed by atoms with Gasteiger partial charge >= 0.3 is 7.82 Å². The van der Waals surface area contributed by atoms with Gasteiger partial charge in [-0.05, 0) is 36.8 Å². The fraction of sp³-hybridized carbons (Fsp3) is 0.650. The number of carbonyl (C=O) groups is 1. The molecule has 7 nitrogen and oxygen atoms in total. The second-order valence-electron chi connectivity index (χ2n) is 7.07. The average Bonchev–Trinajstić information content (AvgIpc) is 2.65.